The lowest BCUT2D eigenvalue weighted by Crippen LogP contribution is -2.30. The number of amides is 4. The molecule has 0 aliphatic rings. The van der Waals surface area contributed by atoms with Crippen LogP contribution in [0.25, 0.3) is 6.08 Å². The first-order valence-corrected chi connectivity index (χ1v) is 19.3. The van der Waals surface area contributed by atoms with Crippen LogP contribution >= 0.6 is 39.0 Å². The number of nitrogens with one attached hydrogen (secondary N) is 4. The lowest BCUT2D eigenvalue weighted by Gasteiger charge is -2.17. The number of halogens is 1. The molecule has 5 aromatic carbocycles. The normalized spacial score (nSPS) is 11.5. The second-order valence-electron chi connectivity index (χ2n) is 12.0. The van der Waals surface area contributed by atoms with Gasteiger partial charge in [-0.3, -0.25) is 19.2 Å². The SMILES string of the molecule is Cc1c(C(=O)Nc2ccccc2)sc(NC(=O)C(Sc2cccc(NC(=O)/C(=C\c3ccc(Br)cc3)NC(=O)c3ccccc3)c2)c2ccccc2)c1C#N. The summed E-state index contributed by atoms with van der Waals surface area (Å²) in [7, 11) is 0. The Bertz CT molecular complexity index is 2410. The highest BCUT2D eigenvalue weighted by Gasteiger charge is 2.27. The topological polar surface area (TPSA) is 140 Å². The molecule has 0 saturated carbocycles. The molecule has 0 bridgehead atoms. The molecular formula is C43H32BrN5O4S2. The predicted molar refractivity (Wildman–Crippen MR) is 223 cm³/mol. The molecule has 0 radical (unpaired) electrons. The molecule has 0 fully saturated rings. The van der Waals surface area contributed by atoms with Gasteiger partial charge < -0.3 is 21.3 Å². The molecule has 12 heteroatoms. The lowest BCUT2D eigenvalue weighted by atomic mass is 10.1. The Morgan fingerprint density at radius 2 is 1.38 bits per heavy atom. The summed E-state index contributed by atoms with van der Waals surface area (Å²) in [5.74, 6) is -1.77. The number of anilines is 3. The second kappa shape index (κ2) is 18.2. The highest BCUT2D eigenvalue weighted by molar-refractivity contribution is 9.10. The van der Waals surface area contributed by atoms with Crippen molar-refractivity contribution in [3.05, 3.63) is 182 Å². The van der Waals surface area contributed by atoms with E-state index >= 15 is 0 Å². The molecule has 1 unspecified atom stereocenters. The van der Waals surface area contributed by atoms with E-state index in [1.807, 2.05) is 66.7 Å². The molecule has 1 aromatic heterocycles. The third-order valence-corrected chi connectivity index (χ3v) is 11.1. The molecule has 0 aliphatic carbocycles. The average Bonchev–Trinajstić information content (AvgIpc) is 3.52. The number of carbonyl (C=O) groups is 4. The molecule has 1 heterocycles. The van der Waals surface area contributed by atoms with Gasteiger partial charge in [0.05, 0.1) is 10.4 Å². The Morgan fingerprint density at radius 3 is 2.05 bits per heavy atom. The van der Waals surface area contributed by atoms with E-state index in [1.165, 1.54) is 11.8 Å². The number of para-hydroxylation sites is 1. The quantitative estimate of drug-likeness (QED) is 0.0716. The van der Waals surface area contributed by atoms with E-state index in [0.29, 0.717) is 43.4 Å². The van der Waals surface area contributed by atoms with Gasteiger partial charge in [-0.2, -0.15) is 5.26 Å². The highest BCUT2D eigenvalue weighted by atomic mass is 79.9. The van der Waals surface area contributed by atoms with Crippen LogP contribution in [-0.4, -0.2) is 23.6 Å². The molecule has 0 saturated heterocycles. The van der Waals surface area contributed by atoms with E-state index in [4.69, 9.17) is 0 Å². The van der Waals surface area contributed by atoms with Crippen molar-refractivity contribution in [3.8, 4) is 6.07 Å². The number of thioether (sulfide) groups is 1. The number of hydrogen-bond acceptors (Lipinski definition) is 7. The van der Waals surface area contributed by atoms with Gasteiger partial charge >= 0.3 is 0 Å². The van der Waals surface area contributed by atoms with Crippen LogP contribution in [0.2, 0.25) is 0 Å². The fourth-order valence-electron chi connectivity index (χ4n) is 5.39. The van der Waals surface area contributed by atoms with E-state index < -0.39 is 23.0 Å². The van der Waals surface area contributed by atoms with Crippen molar-refractivity contribution in [2.45, 2.75) is 17.1 Å². The summed E-state index contributed by atoms with van der Waals surface area (Å²) < 4.78 is 0.868. The summed E-state index contributed by atoms with van der Waals surface area (Å²) in [6.45, 7) is 1.68. The Morgan fingerprint density at radius 1 is 0.745 bits per heavy atom. The molecule has 4 N–H and O–H groups in total. The minimum absolute atomic E-state index is 0.0344. The van der Waals surface area contributed by atoms with Crippen LogP contribution in [0, 0.1) is 18.3 Å². The van der Waals surface area contributed by atoms with Crippen molar-refractivity contribution in [2.24, 2.45) is 0 Å². The van der Waals surface area contributed by atoms with Gasteiger partial charge in [-0.15, -0.1) is 23.1 Å². The van der Waals surface area contributed by atoms with Crippen molar-refractivity contribution in [1.29, 1.82) is 5.26 Å². The van der Waals surface area contributed by atoms with Crippen LogP contribution < -0.4 is 21.3 Å². The monoisotopic (exact) mass is 825 g/mol. The predicted octanol–water partition coefficient (Wildman–Crippen LogP) is 9.82. The van der Waals surface area contributed by atoms with Crippen LogP contribution in [-0.2, 0) is 9.59 Å². The minimum atomic E-state index is -0.777. The molecule has 6 aromatic rings. The smallest absolute Gasteiger partial charge is 0.272 e. The summed E-state index contributed by atoms with van der Waals surface area (Å²) in [5.41, 5.74) is 3.56. The van der Waals surface area contributed by atoms with Crippen molar-refractivity contribution >= 4 is 85.1 Å². The standard InChI is InChI=1S/C43H32BrN5O4S2/c1-27-35(26-45)43(55-37(27)41(52)46-32-16-9-4-10-17-32)49-42(53)38(29-12-5-2-6-13-29)54-34-19-11-18-33(25-34)47-40(51)36(24-28-20-22-31(44)23-21-28)48-39(50)30-14-7-3-8-15-30/h2-25,38H,1H3,(H,46,52)(H,47,51)(H,48,50)(H,49,53)/b36-24+. The summed E-state index contributed by atoms with van der Waals surface area (Å²) in [5, 5.41) is 20.9. The van der Waals surface area contributed by atoms with Gasteiger partial charge in [-0.25, -0.2) is 0 Å². The third-order valence-electron chi connectivity index (χ3n) is 8.13. The molecule has 0 spiro atoms. The Kier molecular flexibility index (Phi) is 12.7. The lowest BCUT2D eigenvalue weighted by molar-refractivity contribution is -0.116. The average molecular weight is 827 g/mol. The number of nitriles is 1. The van der Waals surface area contributed by atoms with Crippen LogP contribution in [0.3, 0.4) is 0 Å². The largest absolute Gasteiger partial charge is 0.321 e. The highest BCUT2D eigenvalue weighted by Crippen LogP contribution is 2.39. The number of hydrogen-bond donors (Lipinski definition) is 4. The maximum Gasteiger partial charge on any atom is 0.272 e. The van der Waals surface area contributed by atoms with Gasteiger partial charge in [0.2, 0.25) is 5.91 Å². The van der Waals surface area contributed by atoms with Gasteiger partial charge in [0.1, 0.15) is 22.0 Å². The van der Waals surface area contributed by atoms with Gasteiger partial charge in [0, 0.05) is 26.3 Å². The van der Waals surface area contributed by atoms with Crippen LogP contribution in [0.4, 0.5) is 16.4 Å². The number of thiophene rings is 1. The summed E-state index contributed by atoms with van der Waals surface area (Å²) in [4.78, 5) is 55.1. The number of benzene rings is 5. The Balaban J connectivity index is 1.23. The molecule has 9 nitrogen and oxygen atoms in total. The van der Waals surface area contributed by atoms with Crippen molar-refractivity contribution in [2.75, 3.05) is 16.0 Å². The maximum absolute atomic E-state index is 14.1. The Labute approximate surface area is 334 Å². The molecule has 1 atom stereocenters. The first kappa shape index (κ1) is 38.5. The number of rotatable bonds is 12. The zero-order valence-electron chi connectivity index (χ0n) is 29.2. The Hall–Kier alpha value is -6.26. The van der Waals surface area contributed by atoms with Crippen LogP contribution in [0.15, 0.2) is 155 Å². The molecular weight excluding hydrogens is 795 g/mol. The molecule has 272 valence electrons. The van der Waals surface area contributed by atoms with E-state index in [2.05, 4.69) is 43.3 Å². The van der Waals surface area contributed by atoms with Gasteiger partial charge in [-0.05, 0) is 84.3 Å². The van der Waals surface area contributed by atoms with Crippen LogP contribution in [0.1, 0.15) is 47.5 Å². The van der Waals surface area contributed by atoms with E-state index in [-0.39, 0.29) is 22.2 Å². The van der Waals surface area contributed by atoms with Gasteiger partial charge in [0.15, 0.2) is 0 Å². The zero-order chi connectivity index (χ0) is 38.7. The van der Waals surface area contributed by atoms with E-state index in [9.17, 15) is 24.4 Å². The third kappa shape index (κ3) is 10.0. The summed E-state index contributed by atoms with van der Waals surface area (Å²) in [6.07, 6.45) is 1.59. The second-order valence-corrected chi connectivity index (χ2v) is 15.1. The van der Waals surface area contributed by atoms with Crippen molar-refractivity contribution in [1.82, 2.24) is 5.32 Å². The number of carbonyl (C=O) groups excluding carboxylic acids is 4. The zero-order valence-corrected chi connectivity index (χ0v) is 32.4. The molecule has 4 amide bonds. The number of nitrogens with zero attached hydrogens (tertiary/aromatic N) is 1. The fraction of sp³-hybridized carbons (Fsp3) is 0.0465. The summed E-state index contributed by atoms with van der Waals surface area (Å²) in [6, 6.07) is 43.2. The minimum Gasteiger partial charge on any atom is -0.321 e. The first-order valence-electron chi connectivity index (χ1n) is 16.9. The van der Waals surface area contributed by atoms with E-state index in [1.54, 1.807) is 85.8 Å². The van der Waals surface area contributed by atoms with Crippen molar-refractivity contribution in [3.63, 3.8) is 0 Å². The fourth-order valence-corrected chi connectivity index (χ4v) is 7.79. The maximum atomic E-state index is 14.1. The molecule has 0 aliphatic heterocycles. The van der Waals surface area contributed by atoms with E-state index in [0.717, 1.165) is 15.8 Å². The van der Waals surface area contributed by atoms with Gasteiger partial charge in [0.25, 0.3) is 17.7 Å². The molecule has 55 heavy (non-hydrogen) atoms. The first-order chi connectivity index (χ1) is 26.7. The summed E-state index contributed by atoms with van der Waals surface area (Å²) >= 11 is 5.71. The van der Waals surface area contributed by atoms with Crippen LogP contribution in [0.5, 0.6) is 0 Å². The van der Waals surface area contributed by atoms with Gasteiger partial charge in [-0.1, -0.05) is 101 Å². The van der Waals surface area contributed by atoms with Crippen molar-refractivity contribution < 1.29 is 19.2 Å². The molecule has 6 rings (SSSR count).